The molecule has 1 aromatic carbocycles. The minimum atomic E-state index is 0.425. The molecule has 0 saturated carbocycles. The minimum absolute atomic E-state index is 0.425. The lowest BCUT2D eigenvalue weighted by Crippen LogP contribution is -2.22. The van der Waals surface area contributed by atoms with E-state index in [1.807, 2.05) is 19.2 Å². The number of guanidine groups is 1. The Morgan fingerprint density at radius 1 is 1.32 bits per heavy atom. The predicted molar refractivity (Wildman–Crippen MR) is 81.7 cm³/mol. The molecule has 0 aliphatic carbocycles. The first kappa shape index (κ1) is 13.5. The summed E-state index contributed by atoms with van der Waals surface area (Å²) < 4.78 is 0. The Hall–Kier alpha value is -1.88. The van der Waals surface area contributed by atoms with Gasteiger partial charge in [-0.3, -0.25) is 0 Å². The van der Waals surface area contributed by atoms with E-state index in [0.717, 1.165) is 15.6 Å². The Labute approximate surface area is 117 Å². The van der Waals surface area contributed by atoms with E-state index in [9.17, 15) is 0 Å². The van der Waals surface area contributed by atoms with Gasteiger partial charge in [0, 0.05) is 16.8 Å². The van der Waals surface area contributed by atoms with Crippen LogP contribution in [0.15, 0.2) is 29.4 Å². The SMILES string of the molecule is Cc1ncc(CN=C(N)Nc2ccc(C)c(C)c2)s1. The smallest absolute Gasteiger partial charge is 0.193 e. The molecule has 0 atom stereocenters. The van der Waals surface area contributed by atoms with E-state index >= 15 is 0 Å². The molecule has 0 saturated heterocycles. The van der Waals surface area contributed by atoms with Crippen LogP contribution in [0.4, 0.5) is 5.69 Å². The zero-order valence-electron chi connectivity index (χ0n) is 11.4. The summed E-state index contributed by atoms with van der Waals surface area (Å²) in [6, 6.07) is 6.13. The molecule has 0 bridgehead atoms. The number of thiazole rings is 1. The third kappa shape index (κ3) is 3.79. The molecular weight excluding hydrogens is 256 g/mol. The second-order valence-electron chi connectivity index (χ2n) is 4.47. The van der Waals surface area contributed by atoms with Gasteiger partial charge in [0.15, 0.2) is 5.96 Å². The van der Waals surface area contributed by atoms with E-state index < -0.39 is 0 Å². The van der Waals surface area contributed by atoms with Crippen molar-refractivity contribution in [1.82, 2.24) is 4.98 Å². The molecule has 2 rings (SSSR count). The summed E-state index contributed by atoms with van der Waals surface area (Å²) in [6.45, 7) is 6.71. The van der Waals surface area contributed by atoms with Gasteiger partial charge in [-0.1, -0.05) is 6.07 Å². The first-order valence-corrected chi connectivity index (χ1v) is 6.92. The number of hydrogen-bond donors (Lipinski definition) is 2. The third-order valence-electron chi connectivity index (χ3n) is 2.85. The summed E-state index contributed by atoms with van der Waals surface area (Å²) in [4.78, 5) is 9.61. The maximum atomic E-state index is 5.87. The predicted octanol–water partition coefficient (Wildman–Crippen LogP) is 3.00. The van der Waals surface area contributed by atoms with Gasteiger partial charge in [-0.05, 0) is 44.0 Å². The molecule has 0 fully saturated rings. The lowest BCUT2D eigenvalue weighted by atomic mass is 10.1. The van der Waals surface area contributed by atoms with Gasteiger partial charge < -0.3 is 11.1 Å². The second kappa shape index (κ2) is 5.84. The van der Waals surface area contributed by atoms with E-state index in [2.05, 4.69) is 41.3 Å². The fraction of sp³-hybridized carbons (Fsp3) is 0.286. The Morgan fingerprint density at radius 2 is 2.11 bits per heavy atom. The average molecular weight is 274 g/mol. The number of benzene rings is 1. The summed E-state index contributed by atoms with van der Waals surface area (Å²) in [5, 5.41) is 4.15. The van der Waals surface area contributed by atoms with Crippen molar-refractivity contribution in [3.63, 3.8) is 0 Å². The number of hydrogen-bond acceptors (Lipinski definition) is 3. The molecule has 0 radical (unpaired) electrons. The molecule has 0 amide bonds. The van der Waals surface area contributed by atoms with Gasteiger partial charge in [0.2, 0.25) is 0 Å². The lowest BCUT2D eigenvalue weighted by Gasteiger charge is -2.07. The zero-order chi connectivity index (χ0) is 13.8. The van der Waals surface area contributed by atoms with Crippen LogP contribution in [0, 0.1) is 20.8 Å². The van der Waals surface area contributed by atoms with E-state index in [0.29, 0.717) is 12.5 Å². The standard InChI is InChI=1S/C14H18N4S/c1-9-4-5-12(6-10(9)2)18-14(15)17-8-13-7-16-11(3)19-13/h4-7H,8H2,1-3H3,(H3,15,17,18). The maximum Gasteiger partial charge on any atom is 0.193 e. The highest BCUT2D eigenvalue weighted by atomic mass is 32.1. The highest BCUT2D eigenvalue weighted by molar-refractivity contribution is 7.11. The quantitative estimate of drug-likeness (QED) is 0.668. The van der Waals surface area contributed by atoms with E-state index in [1.54, 1.807) is 11.3 Å². The molecule has 0 aliphatic heterocycles. The summed E-state index contributed by atoms with van der Waals surface area (Å²) in [7, 11) is 0. The summed E-state index contributed by atoms with van der Waals surface area (Å²) >= 11 is 1.64. The highest BCUT2D eigenvalue weighted by Crippen LogP contribution is 2.14. The van der Waals surface area contributed by atoms with Crippen molar-refractivity contribution in [2.24, 2.45) is 10.7 Å². The molecule has 2 aromatic rings. The zero-order valence-corrected chi connectivity index (χ0v) is 12.2. The number of rotatable bonds is 3. The Balaban J connectivity index is 1.99. The average Bonchev–Trinajstić information content (AvgIpc) is 2.77. The fourth-order valence-corrected chi connectivity index (χ4v) is 2.37. The molecular formula is C14H18N4S. The van der Waals surface area contributed by atoms with E-state index in [4.69, 9.17) is 5.73 Å². The van der Waals surface area contributed by atoms with E-state index in [1.165, 1.54) is 11.1 Å². The van der Waals surface area contributed by atoms with Crippen molar-refractivity contribution in [2.45, 2.75) is 27.3 Å². The van der Waals surface area contributed by atoms with Crippen LogP contribution >= 0.6 is 11.3 Å². The van der Waals surface area contributed by atoms with Crippen molar-refractivity contribution >= 4 is 23.0 Å². The van der Waals surface area contributed by atoms with Crippen LogP contribution in [0.3, 0.4) is 0 Å². The molecule has 0 aliphatic rings. The molecule has 19 heavy (non-hydrogen) atoms. The number of nitrogens with two attached hydrogens (primary N) is 1. The second-order valence-corrected chi connectivity index (χ2v) is 5.79. The number of nitrogens with zero attached hydrogens (tertiary/aromatic N) is 2. The molecule has 0 unspecified atom stereocenters. The number of aliphatic imine (C=N–C) groups is 1. The van der Waals surface area contributed by atoms with Crippen LogP contribution in [-0.2, 0) is 6.54 Å². The minimum Gasteiger partial charge on any atom is -0.370 e. The number of nitrogens with one attached hydrogen (secondary N) is 1. The molecule has 5 heteroatoms. The number of aryl methyl sites for hydroxylation is 3. The van der Waals surface area contributed by atoms with Crippen molar-refractivity contribution in [3.05, 3.63) is 45.4 Å². The summed E-state index contributed by atoms with van der Waals surface area (Å²) in [5.41, 5.74) is 9.33. The molecule has 0 spiro atoms. The van der Waals surface area contributed by atoms with Crippen LogP contribution in [0.5, 0.6) is 0 Å². The Bertz CT molecular complexity index is 601. The van der Waals surface area contributed by atoms with Gasteiger partial charge in [0.05, 0.1) is 11.6 Å². The van der Waals surface area contributed by atoms with Gasteiger partial charge in [-0.25, -0.2) is 9.98 Å². The van der Waals surface area contributed by atoms with Crippen molar-refractivity contribution in [1.29, 1.82) is 0 Å². The molecule has 100 valence electrons. The first-order valence-electron chi connectivity index (χ1n) is 6.10. The molecule has 1 aromatic heterocycles. The van der Waals surface area contributed by atoms with Gasteiger partial charge >= 0.3 is 0 Å². The van der Waals surface area contributed by atoms with Crippen molar-refractivity contribution in [3.8, 4) is 0 Å². The van der Waals surface area contributed by atoms with Crippen molar-refractivity contribution < 1.29 is 0 Å². The highest BCUT2D eigenvalue weighted by Gasteiger charge is 2.00. The molecule has 4 nitrogen and oxygen atoms in total. The summed E-state index contributed by atoms with van der Waals surface area (Å²) in [5.74, 6) is 0.425. The van der Waals surface area contributed by atoms with Crippen LogP contribution in [0.25, 0.3) is 0 Å². The normalized spacial score (nSPS) is 11.6. The Kier molecular flexibility index (Phi) is 4.16. The van der Waals surface area contributed by atoms with Crippen LogP contribution in [0.1, 0.15) is 21.0 Å². The Morgan fingerprint density at radius 3 is 2.74 bits per heavy atom. The third-order valence-corrected chi connectivity index (χ3v) is 3.75. The summed E-state index contributed by atoms with van der Waals surface area (Å²) in [6.07, 6.45) is 1.84. The van der Waals surface area contributed by atoms with Gasteiger partial charge in [-0.15, -0.1) is 11.3 Å². The molecule has 3 N–H and O–H groups in total. The number of anilines is 1. The van der Waals surface area contributed by atoms with Crippen LogP contribution in [0.2, 0.25) is 0 Å². The lowest BCUT2D eigenvalue weighted by molar-refractivity contribution is 1.08. The monoisotopic (exact) mass is 274 g/mol. The van der Waals surface area contributed by atoms with Crippen molar-refractivity contribution in [2.75, 3.05) is 5.32 Å². The molecule has 1 heterocycles. The first-order chi connectivity index (χ1) is 9.04. The fourth-order valence-electron chi connectivity index (χ4n) is 1.65. The van der Waals surface area contributed by atoms with Gasteiger partial charge in [-0.2, -0.15) is 0 Å². The van der Waals surface area contributed by atoms with Gasteiger partial charge in [0.1, 0.15) is 0 Å². The topological polar surface area (TPSA) is 63.3 Å². The van der Waals surface area contributed by atoms with Gasteiger partial charge in [0.25, 0.3) is 0 Å². The van der Waals surface area contributed by atoms with Crippen LogP contribution < -0.4 is 11.1 Å². The number of aromatic nitrogens is 1. The van der Waals surface area contributed by atoms with E-state index in [-0.39, 0.29) is 0 Å². The largest absolute Gasteiger partial charge is 0.370 e. The maximum absolute atomic E-state index is 5.87. The van der Waals surface area contributed by atoms with Crippen LogP contribution in [-0.4, -0.2) is 10.9 Å².